The van der Waals surface area contributed by atoms with E-state index in [1.807, 2.05) is 0 Å². The third-order valence-electron chi connectivity index (χ3n) is 2.73. The predicted molar refractivity (Wildman–Crippen MR) is 71.2 cm³/mol. The molecule has 2 amide bonds. The van der Waals surface area contributed by atoms with Crippen molar-refractivity contribution in [3.63, 3.8) is 0 Å². The number of carbonyl (C=O) groups is 2. The molecule has 19 heavy (non-hydrogen) atoms. The summed E-state index contributed by atoms with van der Waals surface area (Å²) in [6, 6.07) is 2.82. The van der Waals surface area contributed by atoms with Crippen molar-refractivity contribution in [1.29, 1.82) is 0 Å². The third-order valence-corrected chi connectivity index (χ3v) is 3.89. The number of nitrogens with one attached hydrogen (secondary N) is 2. The van der Waals surface area contributed by atoms with E-state index >= 15 is 0 Å². The fourth-order valence-electron chi connectivity index (χ4n) is 1.75. The first-order chi connectivity index (χ1) is 9.06. The van der Waals surface area contributed by atoms with Crippen LogP contribution in [0.15, 0.2) is 18.2 Å². The van der Waals surface area contributed by atoms with Crippen LogP contribution >= 0.6 is 11.8 Å². The Morgan fingerprint density at radius 1 is 1.42 bits per heavy atom. The second kappa shape index (κ2) is 5.92. The summed E-state index contributed by atoms with van der Waals surface area (Å²) in [5.41, 5.74) is -0.212. The predicted octanol–water partition coefficient (Wildman–Crippen LogP) is 2.15. The second-order valence-electron chi connectivity index (χ2n) is 4.16. The number of halogens is 1. The Kier molecular flexibility index (Phi) is 4.26. The smallest absolute Gasteiger partial charge is 0.335 e. The van der Waals surface area contributed by atoms with Gasteiger partial charge in [-0.2, -0.15) is 11.8 Å². The van der Waals surface area contributed by atoms with E-state index in [1.54, 1.807) is 11.8 Å². The number of carboxylic acid groups (broad SMARTS) is 1. The van der Waals surface area contributed by atoms with Crippen molar-refractivity contribution in [2.24, 2.45) is 0 Å². The number of amides is 2. The zero-order chi connectivity index (χ0) is 13.8. The lowest BCUT2D eigenvalue weighted by atomic mass is 10.2. The molecule has 7 heteroatoms. The van der Waals surface area contributed by atoms with E-state index in [0.29, 0.717) is 0 Å². The summed E-state index contributed by atoms with van der Waals surface area (Å²) < 4.78 is 13.5. The number of aromatic carboxylic acids is 1. The van der Waals surface area contributed by atoms with Crippen LogP contribution in [-0.4, -0.2) is 34.7 Å². The van der Waals surface area contributed by atoms with E-state index < -0.39 is 17.8 Å². The summed E-state index contributed by atoms with van der Waals surface area (Å²) in [7, 11) is 0. The van der Waals surface area contributed by atoms with Crippen LogP contribution in [-0.2, 0) is 0 Å². The van der Waals surface area contributed by atoms with Crippen LogP contribution in [0.2, 0.25) is 0 Å². The molecule has 1 heterocycles. The van der Waals surface area contributed by atoms with Crippen LogP contribution < -0.4 is 10.6 Å². The normalized spacial score (nSPS) is 18.1. The average molecular weight is 284 g/mol. The maximum atomic E-state index is 13.5. The minimum Gasteiger partial charge on any atom is -0.478 e. The molecule has 5 nitrogen and oxygen atoms in total. The first kappa shape index (κ1) is 13.7. The molecular formula is C12H13FN2O3S. The van der Waals surface area contributed by atoms with Gasteiger partial charge in [0.05, 0.1) is 11.3 Å². The Hall–Kier alpha value is -1.76. The number of anilines is 1. The molecule has 1 atom stereocenters. The average Bonchev–Trinajstić information content (AvgIpc) is 2.84. The van der Waals surface area contributed by atoms with Gasteiger partial charge in [-0.3, -0.25) is 0 Å². The van der Waals surface area contributed by atoms with Gasteiger partial charge in [0, 0.05) is 11.8 Å². The highest BCUT2D eigenvalue weighted by Gasteiger charge is 2.18. The maximum absolute atomic E-state index is 13.5. The number of carbonyl (C=O) groups excluding carboxylic acids is 1. The molecule has 0 radical (unpaired) electrons. The highest BCUT2D eigenvalue weighted by atomic mass is 32.2. The number of urea groups is 1. The summed E-state index contributed by atoms with van der Waals surface area (Å²) in [5.74, 6) is -0.00427. The zero-order valence-electron chi connectivity index (χ0n) is 9.98. The Bertz CT molecular complexity index is 504. The molecule has 1 aromatic carbocycles. The number of rotatable bonds is 3. The molecule has 2 rings (SSSR count). The molecule has 1 aliphatic rings. The number of hydrogen-bond donors (Lipinski definition) is 3. The third kappa shape index (κ3) is 3.60. The molecule has 0 bridgehead atoms. The molecule has 1 unspecified atom stereocenters. The molecule has 1 aliphatic heterocycles. The van der Waals surface area contributed by atoms with Crippen molar-refractivity contribution in [2.45, 2.75) is 12.5 Å². The van der Waals surface area contributed by atoms with E-state index in [-0.39, 0.29) is 17.3 Å². The Labute approximate surface area is 113 Å². The Morgan fingerprint density at radius 2 is 2.21 bits per heavy atom. The molecule has 3 N–H and O–H groups in total. The van der Waals surface area contributed by atoms with Gasteiger partial charge >= 0.3 is 12.0 Å². The van der Waals surface area contributed by atoms with Gasteiger partial charge in [0.15, 0.2) is 0 Å². The van der Waals surface area contributed by atoms with Gasteiger partial charge in [0.1, 0.15) is 5.82 Å². The zero-order valence-corrected chi connectivity index (χ0v) is 10.8. The number of hydrogen-bond acceptors (Lipinski definition) is 3. The molecule has 102 valence electrons. The van der Waals surface area contributed by atoms with E-state index in [2.05, 4.69) is 10.6 Å². The lowest BCUT2D eigenvalue weighted by molar-refractivity contribution is 0.0697. The van der Waals surface area contributed by atoms with Crippen molar-refractivity contribution in [1.82, 2.24) is 5.32 Å². The Balaban J connectivity index is 2.02. The van der Waals surface area contributed by atoms with Crippen molar-refractivity contribution in [3.05, 3.63) is 29.6 Å². The van der Waals surface area contributed by atoms with Crippen LogP contribution in [0.3, 0.4) is 0 Å². The monoisotopic (exact) mass is 284 g/mol. The minimum atomic E-state index is -1.17. The molecular weight excluding hydrogens is 271 g/mol. The highest BCUT2D eigenvalue weighted by molar-refractivity contribution is 7.99. The summed E-state index contributed by atoms with van der Waals surface area (Å²) in [5, 5.41) is 13.9. The van der Waals surface area contributed by atoms with Gasteiger partial charge in [-0.05, 0) is 30.4 Å². The van der Waals surface area contributed by atoms with E-state index in [4.69, 9.17) is 5.11 Å². The Morgan fingerprint density at radius 3 is 2.84 bits per heavy atom. The van der Waals surface area contributed by atoms with Crippen molar-refractivity contribution < 1.29 is 19.1 Å². The fourth-order valence-corrected chi connectivity index (χ4v) is 2.90. The van der Waals surface area contributed by atoms with Crippen molar-refractivity contribution in [3.8, 4) is 0 Å². The van der Waals surface area contributed by atoms with E-state index in [9.17, 15) is 14.0 Å². The number of carboxylic acids is 1. The first-order valence-electron chi connectivity index (χ1n) is 5.74. The van der Waals surface area contributed by atoms with Gasteiger partial charge < -0.3 is 15.7 Å². The van der Waals surface area contributed by atoms with Gasteiger partial charge in [-0.1, -0.05) is 0 Å². The number of thioether (sulfide) groups is 1. The highest BCUT2D eigenvalue weighted by Crippen LogP contribution is 2.18. The summed E-state index contributed by atoms with van der Waals surface area (Å²) in [6.45, 7) is 0. The lowest BCUT2D eigenvalue weighted by Gasteiger charge is -2.13. The van der Waals surface area contributed by atoms with E-state index in [0.717, 1.165) is 36.1 Å². The molecule has 0 aromatic heterocycles. The van der Waals surface area contributed by atoms with Crippen LogP contribution in [0.1, 0.15) is 16.8 Å². The SMILES string of the molecule is O=C(Nc1cc(C(=O)O)ccc1F)NC1CCSC1. The molecule has 1 aromatic rings. The maximum Gasteiger partial charge on any atom is 0.335 e. The standard InChI is InChI=1S/C12H13FN2O3S/c13-9-2-1-7(11(16)17)5-10(9)15-12(18)14-8-3-4-19-6-8/h1-2,5,8H,3-4,6H2,(H,16,17)(H2,14,15,18). The second-order valence-corrected chi connectivity index (χ2v) is 5.31. The number of benzene rings is 1. The molecule has 0 aliphatic carbocycles. The van der Waals surface area contributed by atoms with E-state index in [1.165, 1.54) is 0 Å². The molecule has 1 fully saturated rings. The van der Waals surface area contributed by atoms with Crippen LogP contribution in [0.4, 0.5) is 14.9 Å². The molecule has 0 spiro atoms. The van der Waals surface area contributed by atoms with Gasteiger partial charge in [0.25, 0.3) is 0 Å². The summed E-state index contributed by atoms with van der Waals surface area (Å²) in [6.07, 6.45) is 0.885. The minimum absolute atomic E-state index is 0.0758. The molecule has 0 saturated carbocycles. The molecule has 1 saturated heterocycles. The van der Waals surface area contributed by atoms with Gasteiger partial charge in [-0.25, -0.2) is 14.0 Å². The van der Waals surface area contributed by atoms with Crippen molar-refractivity contribution >= 4 is 29.4 Å². The van der Waals surface area contributed by atoms with Crippen molar-refractivity contribution in [2.75, 3.05) is 16.8 Å². The quantitative estimate of drug-likeness (QED) is 0.794. The largest absolute Gasteiger partial charge is 0.478 e. The summed E-state index contributed by atoms with van der Waals surface area (Å²) >= 11 is 1.75. The van der Waals surface area contributed by atoms with Gasteiger partial charge in [0.2, 0.25) is 0 Å². The summed E-state index contributed by atoms with van der Waals surface area (Å²) in [4.78, 5) is 22.4. The lowest BCUT2D eigenvalue weighted by Crippen LogP contribution is -2.38. The van der Waals surface area contributed by atoms with Crippen LogP contribution in [0.5, 0.6) is 0 Å². The van der Waals surface area contributed by atoms with Crippen LogP contribution in [0, 0.1) is 5.82 Å². The van der Waals surface area contributed by atoms with Crippen LogP contribution in [0.25, 0.3) is 0 Å². The van der Waals surface area contributed by atoms with Gasteiger partial charge in [-0.15, -0.1) is 0 Å². The topological polar surface area (TPSA) is 78.4 Å². The first-order valence-corrected chi connectivity index (χ1v) is 6.90. The fraction of sp³-hybridized carbons (Fsp3) is 0.333.